The summed E-state index contributed by atoms with van der Waals surface area (Å²) < 4.78 is 6.13. The molecule has 5 heteroatoms. The van der Waals surface area contributed by atoms with Gasteiger partial charge in [0, 0.05) is 16.7 Å². The molecule has 0 aromatic heterocycles. The number of morpholine rings is 1. The minimum absolute atomic E-state index is 0.0419. The molecule has 0 saturated carbocycles. The summed E-state index contributed by atoms with van der Waals surface area (Å²) >= 11 is 3.39. The molecule has 16 heavy (non-hydrogen) atoms. The number of carbonyl (C=O) groups excluding carboxylic acids is 1. The predicted molar refractivity (Wildman–Crippen MR) is 65.3 cm³/mol. The van der Waals surface area contributed by atoms with E-state index < -0.39 is 0 Å². The number of hydrogen-bond acceptors (Lipinski definition) is 3. The van der Waals surface area contributed by atoms with Gasteiger partial charge in [0.25, 0.3) is 5.91 Å². The molecule has 1 aromatic rings. The highest BCUT2D eigenvalue weighted by molar-refractivity contribution is 9.10. The maximum Gasteiger partial charge on any atom is 0.253 e. The Morgan fingerprint density at radius 3 is 3.06 bits per heavy atom. The number of amides is 1. The zero-order chi connectivity index (χ0) is 11.5. The van der Waals surface area contributed by atoms with Crippen LogP contribution >= 0.6 is 15.9 Å². The molecule has 1 atom stereocenters. The first-order valence-corrected chi connectivity index (χ1v) is 5.87. The normalized spacial score (nSPS) is 21.2. The molecule has 0 aliphatic carbocycles. The third-order valence-electron chi connectivity index (χ3n) is 2.53. The first-order chi connectivity index (χ1) is 7.72. The van der Waals surface area contributed by atoms with Crippen LogP contribution in [-0.2, 0) is 9.53 Å². The van der Waals surface area contributed by atoms with Gasteiger partial charge < -0.3 is 15.4 Å². The molecule has 0 radical (unpaired) electrons. The van der Waals surface area contributed by atoms with Gasteiger partial charge in [0.15, 0.2) is 0 Å². The summed E-state index contributed by atoms with van der Waals surface area (Å²) in [6, 6.07) is 7.56. The van der Waals surface area contributed by atoms with Crippen LogP contribution in [0.4, 0.5) is 5.69 Å². The Morgan fingerprint density at radius 2 is 2.38 bits per heavy atom. The van der Waals surface area contributed by atoms with Crippen molar-refractivity contribution in [2.45, 2.75) is 6.04 Å². The van der Waals surface area contributed by atoms with Crippen molar-refractivity contribution in [3.05, 3.63) is 28.7 Å². The van der Waals surface area contributed by atoms with Crippen LogP contribution < -0.4 is 10.6 Å². The van der Waals surface area contributed by atoms with E-state index in [1.807, 2.05) is 24.3 Å². The van der Waals surface area contributed by atoms with E-state index in [-0.39, 0.29) is 18.6 Å². The summed E-state index contributed by atoms with van der Waals surface area (Å²) in [5.41, 5.74) is 6.51. The lowest BCUT2D eigenvalue weighted by molar-refractivity contribution is -0.127. The van der Waals surface area contributed by atoms with Crippen molar-refractivity contribution in [1.29, 1.82) is 0 Å². The highest BCUT2D eigenvalue weighted by Crippen LogP contribution is 2.23. The second-order valence-corrected chi connectivity index (χ2v) is 4.56. The van der Waals surface area contributed by atoms with Crippen LogP contribution in [0.2, 0.25) is 0 Å². The summed E-state index contributed by atoms with van der Waals surface area (Å²) in [5, 5.41) is 0. The number of hydrogen-bond donors (Lipinski definition) is 1. The molecule has 1 aliphatic heterocycles. The van der Waals surface area contributed by atoms with Crippen molar-refractivity contribution >= 4 is 27.5 Å². The molecule has 1 amide bonds. The highest BCUT2D eigenvalue weighted by atomic mass is 79.9. The lowest BCUT2D eigenvalue weighted by Gasteiger charge is -2.34. The summed E-state index contributed by atoms with van der Waals surface area (Å²) in [6.45, 7) is 1.02. The third kappa shape index (κ3) is 2.26. The summed E-state index contributed by atoms with van der Waals surface area (Å²) in [4.78, 5) is 13.5. The van der Waals surface area contributed by atoms with Gasteiger partial charge in [-0.15, -0.1) is 0 Å². The Labute approximate surface area is 102 Å². The van der Waals surface area contributed by atoms with Crippen LogP contribution in [0, 0.1) is 0 Å². The van der Waals surface area contributed by atoms with Gasteiger partial charge in [-0.05, 0) is 18.2 Å². The van der Waals surface area contributed by atoms with Gasteiger partial charge in [-0.3, -0.25) is 4.79 Å². The van der Waals surface area contributed by atoms with Crippen LogP contribution in [0.15, 0.2) is 28.7 Å². The minimum atomic E-state index is -0.0736. The highest BCUT2D eigenvalue weighted by Gasteiger charge is 2.28. The van der Waals surface area contributed by atoms with Crippen LogP contribution in [0.3, 0.4) is 0 Å². The van der Waals surface area contributed by atoms with E-state index in [2.05, 4.69) is 15.9 Å². The standard InChI is InChI=1S/C11H13BrN2O2/c12-8-2-1-3-9(4-8)14-10(5-13)6-16-7-11(14)15/h1-4,10H,5-7,13H2. The quantitative estimate of drug-likeness (QED) is 0.886. The second-order valence-electron chi connectivity index (χ2n) is 3.65. The fourth-order valence-corrected chi connectivity index (χ4v) is 2.17. The monoisotopic (exact) mass is 284 g/mol. The van der Waals surface area contributed by atoms with Crippen LogP contribution in [0.25, 0.3) is 0 Å². The van der Waals surface area contributed by atoms with Gasteiger partial charge in [0.05, 0.1) is 12.6 Å². The van der Waals surface area contributed by atoms with Crippen molar-refractivity contribution in [3.8, 4) is 0 Å². The average molecular weight is 285 g/mol. The fraction of sp³-hybridized carbons (Fsp3) is 0.364. The predicted octanol–water partition coefficient (Wildman–Crippen LogP) is 1.14. The Bertz CT molecular complexity index is 397. The van der Waals surface area contributed by atoms with Crippen molar-refractivity contribution in [3.63, 3.8) is 0 Å². The molecular weight excluding hydrogens is 272 g/mol. The molecule has 1 aromatic carbocycles. The third-order valence-corrected chi connectivity index (χ3v) is 3.02. The van der Waals surface area contributed by atoms with Gasteiger partial charge in [-0.25, -0.2) is 0 Å². The number of rotatable bonds is 2. The fourth-order valence-electron chi connectivity index (χ4n) is 1.78. The molecule has 2 N–H and O–H groups in total. The van der Waals surface area contributed by atoms with Crippen LogP contribution in [0.1, 0.15) is 0 Å². The molecule has 86 valence electrons. The van der Waals surface area contributed by atoms with E-state index in [0.29, 0.717) is 13.2 Å². The lowest BCUT2D eigenvalue weighted by atomic mass is 10.2. The summed E-state index contributed by atoms with van der Waals surface area (Å²) in [7, 11) is 0. The van der Waals surface area contributed by atoms with E-state index in [0.717, 1.165) is 10.2 Å². The maximum atomic E-state index is 11.8. The molecule has 1 fully saturated rings. The zero-order valence-electron chi connectivity index (χ0n) is 8.73. The van der Waals surface area contributed by atoms with Crippen molar-refractivity contribution in [2.75, 3.05) is 24.7 Å². The first-order valence-electron chi connectivity index (χ1n) is 5.08. The van der Waals surface area contributed by atoms with Gasteiger partial charge >= 0.3 is 0 Å². The molecule has 1 aliphatic rings. The number of carbonyl (C=O) groups is 1. The number of ether oxygens (including phenoxy) is 1. The van der Waals surface area contributed by atoms with Crippen LogP contribution in [0.5, 0.6) is 0 Å². The molecule has 1 unspecified atom stereocenters. The summed E-state index contributed by atoms with van der Waals surface area (Å²) in [5.74, 6) is -0.0419. The molecule has 2 rings (SSSR count). The number of halogens is 1. The van der Waals surface area contributed by atoms with Gasteiger partial charge in [0.1, 0.15) is 6.61 Å². The number of nitrogens with two attached hydrogens (primary N) is 1. The van der Waals surface area contributed by atoms with E-state index in [1.54, 1.807) is 4.90 Å². The largest absolute Gasteiger partial charge is 0.369 e. The van der Waals surface area contributed by atoms with Crippen molar-refractivity contribution in [1.82, 2.24) is 0 Å². The van der Waals surface area contributed by atoms with E-state index in [1.165, 1.54) is 0 Å². The van der Waals surface area contributed by atoms with Crippen molar-refractivity contribution < 1.29 is 9.53 Å². The molecule has 0 bridgehead atoms. The Hall–Kier alpha value is -0.910. The van der Waals surface area contributed by atoms with E-state index in [4.69, 9.17) is 10.5 Å². The first kappa shape index (κ1) is 11.6. The van der Waals surface area contributed by atoms with Gasteiger partial charge in [0.2, 0.25) is 0 Å². The van der Waals surface area contributed by atoms with Crippen LogP contribution in [-0.4, -0.2) is 31.7 Å². The van der Waals surface area contributed by atoms with E-state index >= 15 is 0 Å². The average Bonchev–Trinajstić information content (AvgIpc) is 2.28. The molecule has 1 saturated heterocycles. The molecular formula is C11H13BrN2O2. The number of benzene rings is 1. The zero-order valence-corrected chi connectivity index (χ0v) is 10.3. The Kier molecular flexibility index (Phi) is 3.58. The lowest BCUT2D eigenvalue weighted by Crippen LogP contribution is -2.53. The van der Waals surface area contributed by atoms with Gasteiger partial charge in [-0.2, -0.15) is 0 Å². The number of anilines is 1. The second kappa shape index (κ2) is 4.95. The SMILES string of the molecule is NCC1COCC(=O)N1c1cccc(Br)c1. The minimum Gasteiger partial charge on any atom is -0.369 e. The number of nitrogens with zero attached hydrogens (tertiary/aromatic N) is 1. The topological polar surface area (TPSA) is 55.6 Å². The smallest absolute Gasteiger partial charge is 0.253 e. The Balaban J connectivity index is 2.31. The molecule has 4 nitrogen and oxygen atoms in total. The Morgan fingerprint density at radius 1 is 1.56 bits per heavy atom. The van der Waals surface area contributed by atoms with Gasteiger partial charge in [-0.1, -0.05) is 22.0 Å². The maximum absolute atomic E-state index is 11.8. The van der Waals surface area contributed by atoms with Crippen molar-refractivity contribution in [2.24, 2.45) is 5.73 Å². The molecule has 1 heterocycles. The molecule has 0 spiro atoms. The summed E-state index contributed by atoms with van der Waals surface area (Å²) in [6.07, 6.45) is 0. The van der Waals surface area contributed by atoms with E-state index in [9.17, 15) is 4.79 Å².